The number of fused-ring (bicyclic) bond motifs is 2. The maximum absolute atomic E-state index is 13.0. The van der Waals surface area contributed by atoms with Gasteiger partial charge in [-0.25, -0.2) is 4.98 Å². The highest BCUT2D eigenvalue weighted by Crippen LogP contribution is 2.31. The van der Waals surface area contributed by atoms with Gasteiger partial charge in [-0.3, -0.25) is 14.8 Å². The van der Waals surface area contributed by atoms with Crippen molar-refractivity contribution in [2.45, 2.75) is 13.0 Å². The highest BCUT2D eigenvalue weighted by molar-refractivity contribution is 7.18. The van der Waals surface area contributed by atoms with E-state index in [-0.39, 0.29) is 5.91 Å². The molecule has 0 N–H and O–H groups in total. The number of carbonyl (C=O) groups is 1. The number of hydrogen-bond donors (Lipinski definition) is 0. The second-order valence-electron chi connectivity index (χ2n) is 6.47. The quantitative estimate of drug-likeness (QED) is 0.544. The summed E-state index contributed by atoms with van der Waals surface area (Å²) in [5.74, 6) is 0.0399. The lowest BCUT2D eigenvalue weighted by atomic mass is 10.0. The molecule has 3 aromatic heterocycles. The van der Waals surface area contributed by atoms with Crippen LogP contribution in [-0.2, 0) is 13.0 Å². The number of amides is 1. The van der Waals surface area contributed by atoms with Crippen molar-refractivity contribution in [3.63, 3.8) is 0 Å². The molecule has 0 aliphatic carbocycles. The Labute approximate surface area is 160 Å². The second-order valence-corrected chi connectivity index (χ2v) is 7.59. The lowest BCUT2D eigenvalue weighted by Crippen LogP contribution is -2.26. The van der Waals surface area contributed by atoms with Crippen LogP contribution in [0.1, 0.15) is 21.1 Å². The Morgan fingerprint density at radius 1 is 1.07 bits per heavy atom. The summed E-state index contributed by atoms with van der Waals surface area (Å²) >= 11 is 1.69. The first-order valence-corrected chi connectivity index (χ1v) is 9.63. The van der Waals surface area contributed by atoms with Crippen LogP contribution in [0.4, 0.5) is 0 Å². The van der Waals surface area contributed by atoms with E-state index in [2.05, 4.69) is 21.0 Å². The normalized spacial score (nSPS) is 13.3. The van der Waals surface area contributed by atoms with Crippen LogP contribution in [0.2, 0.25) is 0 Å². The summed E-state index contributed by atoms with van der Waals surface area (Å²) in [6.07, 6.45) is 6.04. The number of thiazole rings is 1. The zero-order valence-corrected chi connectivity index (χ0v) is 15.3. The summed E-state index contributed by atoms with van der Waals surface area (Å²) in [6, 6.07) is 13.9. The molecular formula is C21H16N4OS. The molecule has 0 fully saturated rings. The fourth-order valence-electron chi connectivity index (χ4n) is 3.48. The van der Waals surface area contributed by atoms with Gasteiger partial charge < -0.3 is 4.90 Å². The van der Waals surface area contributed by atoms with Gasteiger partial charge in [0.2, 0.25) is 0 Å². The van der Waals surface area contributed by atoms with Gasteiger partial charge in [0.15, 0.2) is 0 Å². The van der Waals surface area contributed by atoms with Gasteiger partial charge in [0.05, 0.1) is 33.0 Å². The molecule has 0 saturated carbocycles. The van der Waals surface area contributed by atoms with Gasteiger partial charge in [-0.15, -0.1) is 11.3 Å². The van der Waals surface area contributed by atoms with Gasteiger partial charge in [0.1, 0.15) is 0 Å². The molecule has 6 heteroatoms. The van der Waals surface area contributed by atoms with Crippen molar-refractivity contribution >= 4 is 27.5 Å². The standard InChI is InChI=1S/C21H16N4OS/c26-21-20-15(14-4-3-9-22-12-14)7-10-23-17(20)13-25(21)11-8-19-24-16-5-1-2-6-18(16)27-19/h1-7,9-10,12H,8,11,13H2. The summed E-state index contributed by atoms with van der Waals surface area (Å²) in [4.78, 5) is 28.2. The number of aromatic nitrogens is 3. The van der Waals surface area contributed by atoms with Gasteiger partial charge in [-0.1, -0.05) is 18.2 Å². The molecule has 0 bridgehead atoms. The molecule has 1 aromatic carbocycles. The Morgan fingerprint density at radius 3 is 2.85 bits per heavy atom. The largest absolute Gasteiger partial charge is 0.332 e. The third-order valence-corrected chi connectivity index (χ3v) is 5.87. The van der Waals surface area contributed by atoms with Crippen molar-refractivity contribution in [1.82, 2.24) is 19.9 Å². The highest BCUT2D eigenvalue weighted by Gasteiger charge is 2.31. The summed E-state index contributed by atoms with van der Waals surface area (Å²) in [6.45, 7) is 1.19. The monoisotopic (exact) mass is 372 g/mol. The van der Waals surface area contributed by atoms with Gasteiger partial charge in [0, 0.05) is 37.1 Å². The number of hydrogen-bond acceptors (Lipinski definition) is 5. The predicted octanol–water partition coefficient (Wildman–Crippen LogP) is 3.95. The maximum Gasteiger partial charge on any atom is 0.256 e. The topological polar surface area (TPSA) is 59.0 Å². The molecule has 27 heavy (non-hydrogen) atoms. The van der Waals surface area contributed by atoms with Gasteiger partial charge in [0.25, 0.3) is 5.91 Å². The molecule has 0 radical (unpaired) electrons. The lowest BCUT2D eigenvalue weighted by molar-refractivity contribution is 0.0780. The van der Waals surface area contributed by atoms with E-state index in [0.29, 0.717) is 18.7 Å². The van der Waals surface area contributed by atoms with Crippen molar-refractivity contribution in [1.29, 1.82) is 0 Å². The summed E-state index contributed by atoms with van der Waals surface area (Å²) in [5.41, 5.74) is 4.41. The molecule has 1 amide bonds. The van der Waals surface area contributed by atoms with E-state index in [4.69, 9.17) is 0 Å². The molecule has 1 aliphatic heterocycles. The van der Waals surface area contributed by atoms with Crippen LogP contribution in [0.25, 0.3) is 21.3 Å². The Kier molecular flexibility index (Phi) is 3.90. The fraction of sp³-hybridized carbons (Fsp3) is 0.143. The van der Waals surface area contributed by atoms with Crippen molar-refractivity contribution in [3.8, 4) is 11.1 Å². The maximum atomic E-state index is 13.0. The average Bonchev–Trinajstić information content (AvgIpc) is 3.27. The number of pyridine rings is 2. The Bertz CT molecular complexity index is 1110. The van der Waals surface area contributed by atoms with E-state index in [9.17, 15) is 4.79 Å². The molecule has 4 aromatic rings. The number of benzene rings is 1. The molecule has 0 saturated heterocycles. The summed E-state index contributed by atoms with van der Waals surface area (Å²) in [7, 11) is 0. The first-order valence-electron chi connectivity index (χ1n) is 8.81. The van der Waals surface area contributed by atoms with Crippen LogP contribution in [-0.4, -0.2) is 32.3 Å². The molecule has 0 atom stereocenters. The van der Waals surface area contributed by atoms with Crippen LogP contribution in [0.5, 0.6) is 0 Å². The highest BCUT2D eigenvalue weighted by atomic mass is 32.1. The van der Waals surface area contributed by atoms with E-state index in [1.54, 1.807) is 29.9 Å². The molecule has 5 rings (SSSR count). The summed E-state index contributed by atoms with van der Waals surface area (Å²) in [5, 5.41) is 1.06. The third-order valence-electron chi connectivity index (χ3n) is 4.78. The molecule has 132 valence electrons. The number of carbonyl (C=O) groups excluding carboxylic acids is 1. The van der Waals surface area contributed by atoms with Crippen LogP contribution in [0.15, 0.2) is 61.1 Å². The second kappa shape index (κ2) is 6.55. The first-order chi connectivity index (χ1) is 13.3. The zero-order chi connectivity index (χ0) is 18.2. The van der Waals surface area contributed by atoms with Crippen molar-refractivity contribution in [2.75, 3.05) is 6.54 Å². The first kappa shape index (κ1) is 16.1. The minimum Gasteiger partial charge on any atom is -0.332 e. The van der Waals surface area contributed by atoms with Gasteiger partial charge >= 0.3 is 0 Å². The van der Waals surface area contributed by atoms with Gasteiger partial charge in [-0.05, 0) is 29.8 Å². The van der Waals surface area contributed by atoms with E-state index in [1.807, 2.05) is 41.3 Å². The fourth-order valence-corrected chi connectivity index (χ4v) is 4.43. The van der Waals surface area contributed by atoms with Crippen molar-refractivity contribution in [3.05, 3.63) is 77.3 Å². The van der Waals surface area contributed by atoms with Crippen molar-refractivity contribution < 1.29 is 4.79 Å². The Morgan fingerprint density at radius 2 is 2.00 bits per heavy atom. The SMILES string of the molecule is O=C1c2c(-c3cccnc3)ccnc2CN1CCc1nc2ccccc2s1. The Balaban J connectivity index is 1.39. The van der Waals surface area contributed by atoms with E-state index < -0.39 is 0 Å². The zero-order valence-electron chi connectivity index (χ0n) is 14.5. The smallest absolute Gasteiger partial charge is 0.256 e. The summed E-state index contributed by atoms with van der Waals surface area (Å²) < 4.78 is 1.18. The van der Waals surface area contributed by atoms with E-state index in [1.165, 1.54) is 4.70 Å². The minimum atomic E-state index is 0.0399. The molecule has 0 unspecified atom stereocenters. The van der Waals surface area contributed by atoms with Crippen LogP contribution in [0.3, 0.4) is 0 Å². The van der Waals surface area contributed by atoms with Crippen LogP contribution in [0, 0.1) is 0 Å². The minimum absolute atomic E-state index is 0.0399. The molecule has 4 heterocycles. The van der Waals surface area contributed by atoms with E-state index in [0.717, 1.165) is 33.8 Å². The number of para-hydroxylation sites is 1. The molecule has 5 nitrogen and oxygen atoms in total. The lowest BCUT2D eigenvalue weighted by Gasteiger charge is -2.14. The average molecular weight is 372 g/mol. The molecule has 0 spiro atoms. The Hall–Kier alpha value is -3.12. The molecule has 1 aliphatic rings. The van der Waals surface area contributed by atoms with Crippen molar-refractivity contribution in [2.24, 2.45) is 0 Å². The predicted molar refractivity (Wildman–Crippen MR) is 106 cm³/mol. The molecular weight excluding hydrogens is 356 g/mol. The van der Waals surface area contributed by atoms with Crippen LogP contribution < -0.4 is 0 Å². The van der Waals surface area contributed by atoms with E-state index >= 15 is 0 Å². The number of nitrogens with zero attached hydrogens (tertiary/aromatic N) is 4. The third kappa shape index (κ3) is 2.88. The number of rotatable bonds is 4. The van der Waals surface area contributed by atoms with Crippen LogP contribution >= 0.6 is 11.3 Å². The van der Waals surface area contributed by atoms with Gasteiger partial charge in [-0.2, -0.15) is 0 Å².